The van der Waals surface area contributed by atoms with Crippen LogP contribution in [0.5, 0.6) is 0 Å². The van der Waals surface area contributed by atoms with E-state index in [0.717, 1.165) is 22.4 Å². The first-order chi connectivity index (χ1) is 13.5. The Hall–Kier alpha value is -2.51. The van der Waals surface area contributed by atoms with E-state index in [1.807, 2.05) is 42.0 Å². The van der Waals surface area contributed by atoms with E-state index in [1.165, 1.54) is 0 Å². The molecule has 0 bridgehead atoms. The number of halogens is 1. The largest absolute Gasteiger partial charge is 0.345 e. The molecule has 3 aromatic rings. The number of anilines is 1. The zero-order valence-electron chi connectivity index (χ0n) is 15.7. The fourth-order valence-corrected chi connectivity index (χ4v) is 3.51. The van der Waals surface area contributed by atoms with Crippen molar-refractivity contribution >= 4 is 51.9 Å². The minimum atomic E-state index is -0.307. The van der Waals surface area contributed by atoms with Gasteiger partial charge in [-0.05, 0) is 43.0 Å². The summed E-state index contributed by atoms with van der Waals surface area (Å²) in [6, 6.07) is 13.0. The van der Waals surface area contributed by atoms with Crippen molar-refractivity contribution in [2.45, 2.75) is 19.2 Å². The van der Waals surface area contributed by atoms with E-state index in [-0.39, 0.29) is 24.9 Å². The number of rotatable bonds is 7. The van der Waals surface area contributed by atoms with Crippen LogP contribution in [0.1, 0.15) is 11.4 Å². The van der Waals surface area contributed by atoms with Crippen molar-refractivity contribution in [2.24, 2.45) is 0 Å². The molecular weight excluding hydrogens is 396 g/mol. The highest BCUT2D eigenvalue weighted by atomic mass is 35.5. The standard InChI is InChI=1S/C20H21ClN4O2S/c1-13-14(21)6-5-8-15(13)24-19(26)10-22-20(27)11-25-17-9-4-3-7-16(17)23-18(25)12-28-2/h3-9H,10-12H2,1-2H3,(H,22,27)(H,24,26). The number of carbonyl (C=O) groups excluding carboxylic acids is 2. The molecule has 2 amide bonds. The van der Waals surface area contributed by atoms with Gasteiger partial charge in [-0.25, -0.2) is 4.98 Å². The Labute approximate surface area is 172 Å². The predicted octanol–water partition coefficient (Wildman–Crippen LogP) is 3.62. The molecule has 2 N–H and O–H groups in total. The number of fused-ring (bicyclic) bond motifs is 1. The van der Waals surface area contributed by atoms with Gasteiger partial charge in [0.15, 0.2) is 0 Å². The number of aromatic nitrogens is 2. The zero-order chi connectivity index (χ0) is 20.1. The second-order valence-electron chi connectivity index (χ2n) is 6.27. The van der Waals surface area contributed by atoms with Gasteiger partial charge < -0.3 is 15.2 Å². The Morgan fingerprint density at radius 1 is 1.14 bits per heavy atom. The number of nitrogens with one attached hydrogen (secondary N) is 2. The molecule has 0 radical (unpaired) electrons. The van der Waals surface area contributed by atoms with E-state index in [1.54, 1.807) is 30.0 Å². The molecule has 3 rings (SSSR count). The number of amides is 2. The summed E-state index contributed by atoms with van der Waals surface area (Å²) in [7, 11) is 0. The number of nitrogens with zero attached hydrogens (tertiary/aromatic N) is 2. The third kappa shape index (κ3) is 4.66. The lowest BCUT2D eigenvalue weighted by atomic mass is 10.2. The van der Waals surface area contributed by atoms with Crippen LogP contribution in [-0.4, -0.2) is 34.2 Å². The molecule has 0 fully saturated rings. The summed E-state index contributed by atoms with van der Waals surface area (Å²) >= 11 is 7.70. The Bertz CT molecular complexity index is 1020. The van der Waals surface area contributed by atoms with Crippen molar-refractivity contribution in [3.63, 3.8) is 0 Å². The van der Waals surface area contributed by atoms with Gasteiger partial charge in [-0.3, -0.25) is 9.59 Å². The maximum absolute atomic E-state index is 12.4. The molecule has 6 nitrogen and oxygen atoms in total. The van der Waals surface area contributed by atoms with Crippen molar-refractivity contribution in [3.8, 4) is 0 Å². The molecule has 28 heavy (non-hydrogen) atoms. The summed E-state index contributed by atoms with van der Waals surface area (Å²) in [6.07, 6.45) is 1.99. The number of hydrogen-bond acceptors (Lipinski definition) is 4. The molecule has 1 heterocycles. The molecule has 1 aromatic heterocycles. The van der Waals surface area contributed by atoms with E-state index in [2.05, 4.69) is 15.6 Å². The first-order valence-corrected chi connectivity index (χ1v) is 10.5. The number of thioether (sulfide) groups is 1. The van der Waals surface area contributed by atoms with Gasteiger partial charge in [-0.1, -0.05) is 29.8 Å². The molecule has 0 aliphatic carbocycles. The predicted molar refractivity (Wildman–Crippen MR) is 115 cm³/mol. The van der Waals surface area contributed by atoms with Crippen LogP contribution in [0.2, 0.25) is 5.02 Å². The van der Waals surface area contributed by atoms with Crippen LogP contribution < -0.4 is 10.6 Å². The summed E-state index contributed by atoms with van der Waals surface area (Å²) in [5, 5.41) is 6.01. The highest BCUT2D eigenvalue weighted by molar-refractivity contribution is 7.97. The van der Waals surface area contributed by atoms with Gasteiger partial charge in [0.05, 0.1) is 23.3 Å². The smallest absolute Gasteiger partial charge is 0.243 e. The van der Waals surface area contributed by atoms with Crippen LogP contribution in [0.15, 0.2) is 42.5 Å². The van der Waals surface area contributed by atoms with Crippen LogP contribution in [0, 0.1) is 6.92 Å². The van der Waals surface area contributed by atoms with Gasteiger partial charge in [-0.2, -0.15) is 11.8 Å². The zero-order valence-corrected chi connectivity index (χ0v) is 17.2. The molecule has 0 aliphatic heterocycles. The Morgan fingerprint density at radius 3 is 2.71 bits per heavy atom. The van der Waals surface area contributed by atoms with Gasteiger partial charge in [-0.15, -0.1) is 0 Å². The Morgan fingerprint density at radius 2 is 1.93 bits per heavy atom. The molecule has 0 saturated heterocycles. The summed E-state index contributed by atoms with van der Waals surface area (Å²) < 4.78 is 1.89. The van der Waals surface area contributed by atoms with Gasteiger partial charge in [0.1, 0.15) is 12.4 Å². The van der Waals surface area contributed by atoms with Crippen molar-refractivity contribution in [1.82, 2.24) is 14.9 Å². The lowest BCUT2D eigenvalue weighted by molar-refractivity contribution is -0.124. The second kappa shape index (κ2) is 9.12. The SMILES string of the molecule is CSCc1nc2ccccc2n1CC(=O)NCC(=O)Nc1cccc(Cl)c1C. The summed E-state index contributed by atoms with van der Waals surface area (Å²) in [5.41, 5.74) is 3.18. The highest BCUT2D eigenvalue weighted by Gasteiger charge is 2.14. The quantitative estimate of drug-likeness (QED) is 0.616. The second-order valence-corrected chi connectivity index (χ2v) is 7.55. The van der Waals surface area contributed by atoms with Gasteiger partial charge >= 0.3 is 0 Å². The average Bonchev–Trinajstić information content (AvgIpc) is 3.01. The summed E-state index contributed by atoms with van der Waals surface area (Å²) in [4.78, 5) is 29.2. The lowest BCUT2D eigenvalue weighted by Crippen LogP contribution is -2.35. The molecule has 8 heteroatoms. The number of carbonyl (C=O) groups is 2. The first-order valence-electron chi connectivity index (χ1n) is 8.74. The molecule has 0 atom stereocenters. The van der Waals surface area contributed by atoms with Crippen LogP contribution in [0.25, 0.3) is 11.0 Å². The molecule has 0 saturated carbocycles. The number of benzene rings is 2. The maximum atomic E-state index is 12.4. The number of para-hydroxylation sites is 2. The minimum Gasteiger partial charge on any atom is -0.345 e. The summed E-state index contributed by atoms with van der Waals surface area (Å²) in [5.74, 6) is 0.987. The Kier molecular flexibility index (Phi) is 6.59. The molecule has 2 aromatic carbocycles. The topological polar surface area (TPSA) is 76.0 Å². The average molecular weight is 417 g/mol. The minimum absolute atomic E-state index is 0.111. The third-order valence-electron chi connectivity index (χ3n) is 4.30. The molecule has 0 unspecified atom stereocenters. The van der Waals surface area contributed by atoms with Crippen LogP contribution in [-0.2, 0) is 21.9 Å². The van der Waals surface area contributed by atoms with E-state index < -0.39 is 0 Å². The lowest BCUT2D eigenvalue weighted by Gasteiger charge is -2.11. The Balaban J connectivity index is 1.63. The van der Waals surface area contributed by atoms with Crippen LogP contribution in [0.3, 0.4) is 0 Å². The van der Waals surface area contributed by atoms with E-state index in [9.17, 15) is 9.59 Å². The van der Waals surface area contributed by atoms with Gasteiger partial charge in [0, 0.05) is 10.7 Å². The van der Waals surface area contributed by atoms with E-state index in [0.29, 0.717) is 16.5 Å². The fraction of sp³-hybridized carbons (Fsp3) is 0.250. The van der Waals surface area contributed by atoms with E-state index in [4.69, 9.17) is 11.6 Å². The molecule has 146 valence electrons. The van der Waals surface area contributed by atoms with Crippen LogP contribution in [0.4, 0.5) is 5.69 Å². The maximum Gasteiger partial charge on any atom is 0.243 e. The molecule has 0 spiro atoms. The number of hydrogen-bond donors (Lipinski definition) is 2. The molecule has 0 aliphatic rings. The molecular formula is C20H21ClN4O2S. The van der Waals surface area contributed by atoms with Crippen LogP contribution >= 0.6 is 23.4 Å². The monoisotopic (exact) mass is 416 g/mol. The number of imidazole rings is 1. The normalized spacial score (nSPS) is 10.8. The highest BCUT2D eigenvalue weighted by Crippen LogP contribution is 2.22. The van der Waals surface area contributed by atoms with Crippen molar-refractivity contribution < 1.29 is 9.59 Å². The van der Waals surface area contributed by atoms with E-state index >= 15 is 0 Å². The fourth-order valence-electron chi connectivity index (χ4n) is 2.86. The van der Waals surface area contributed by atoms with Gasteiger partial charge in [0.2, 0.25) is 11.8 Å². The van der Waals surface area contributed by atoms with Gasteiger partial charge in [0.25, 0.3) is 0 Å². The first kappa shape index (κ1) is 20.2. The van der Waals surface area contributed by atoms with Crippen molar-refractivity contribution in [1.29, 1.82) is 0 Å². The third-order valence-corrected chi connectivity index (χ3v) is 5.25. The van der Waals surface area contributed by atoms with Crippen molar-refractivity contribution in [2.75, 3.05) is 18.1 Å². The summed E-state index contributed by atoms with van der Waals surface area (Å²) in [6.45, 7) is 1.82. The van der Waals surface area contributed by atoms with Crippen molar-refractivity contribution in [3.05, 3.63) is 58.9 Å².